The van der Waals surface area contributed by atoms with Gasteiger partial charge in [-0.1, -0.05) is 5.46 Å². The molecule has 1 aliphatic heterocycles. The third kappa shape index (κ3) is 0.771. The zero-order valence-corrected chi connectivity index (χ0v) is 5.41. The van der Waals surface area contributed by atoms with Gasteiger partial charge in [-0.05, 0) is 6.07 Å². The Morgan fingerprint density at radius 3 is 3.40 bits per heavy atom. The molecule has 0 fully saturated rings. The maximum Gasteiger partial charge on any atom is 0.203 e. The van der Waals surface area contributed by atoms with E-state index in [4.69, 9.17) is 5.73 Å². The van der Waals surface area contributed by atoms with E-state index in [-0.39, 0.29) is 6.07 Å². The van der Waals surface area contributed by atoms with E-state index in [9.17, 15) is 0 Å². The number of hydrogen-bond donors (Lipinski definition) is 2. The summed E-state index contributed by atoms with van der Waals surface area (Å²) in [6.07, 6.45) is 3.54. The first-order valence-corrected chi connectivity index (χ1v) is 3.17. The highest BCUT2D eigenvalue weighted by atomic mass is 15.0. The van der Waals surface area contributed by atoms with E-state index in [2.05, 4.69) is 10.3 Å². The Balaban J connectivity index is 2.42. The topological polar surface area (TPSA) is 50.9 Å². The molecule has 1 atom stereocenters. The molecular weight excluding hydrogens is 125 g/mol. The van der Waals surface area contributed by atoms with Crippen LogP contribution >= 0.6 is 0 Å². The predicted molar refractivity (Wildman–Crippen MR) is 41.2 cm³/mol. The van der Waals surface area contributed by atoms with Crippen LogP contribution in [0.1, 0.15) is 0 Å². The highest BCUT2D eigenvalue weighted by Gasteiger charge is 2.17. The maximum atomic E-state index is 5.59. The predicted octanol–water partition coefficient (Wildman–Crippen LogP) is -0.921. The lowest BCUT2D eigenvalue weighted by Gasteiger charge is -2.00. The van der Waals surface area contributed by atoms with Crippen molar-refractivity contribution in [2.75, 3.05) is 5.32 Å². The summed E-state index contributed by atoms with van der Waals surface area (Å²) in [5.41, 5.74) is 7.75. The smallest absolute Gasteiger partial charge is 0.203 e. The Labute approximate surface area is 59.9 Å². The fraction of sp³-hybridized carbons (Fsp3) is 0.167. The third-order valence-electron chi connectivity index (χ3n) is 1.54. The molecule has 1 radical (unpaired) electrons. The average Bonchev–Trinajstić information content (AvgIpc) is 2.27. The Kier molecular flexibility index (Phi) is 1.14. The van der Waals surface area contributed by atoms with Gasteiger partial charge in [-0.25, -0.2) is 0 Å². The van der Waals surface area contributed by atoms with Crippen LogP contribution in [0.25, 0.3) is 0 Å². The molecule has 0 bridgehead atoms. The highest BCUT2D eigenvalue weighted by molar-refractivity contribution is 6.59. The number of rotatable bonds is 0. The molecule has 0 aliphatic carbocycles. The van der Waals surface area contributed by atoms with Crippen LogP contribution in [-0.2, 0) is 0 Å². The van der Waals surface area contributed by atoms with Crippen molar-refractivity contribution in [3.05, 3.63) is 18.5 Å². The van der Waals surface area contributed by atoms with Crippen molar-refractivity contribution in [3.63, 3.8) is 0 Å². The zero-order chi connectivity index (χ0) is 6.97. The molecule has 1 aromatic heterocycles. The second-order valence-corrected chi connectivity index (χ2v) is 2.30. The van der Waals surface area contributed by atoms with Crippen LogP contribution in [0.4, 0.5) is 5.69 Å². The third-order valence-corrected chi connectivity index (χ3v) is 1.54. The van der Waals surface area contributed by atoms with Gasteiger partial charge in [-0.15, -0.1) is 0 Å². The summed E-state index contributed by atoms with van der Waals surface area (Å²) in [5.74, 6) is 0. The summed E-state index contributed by atoms with van der Waals surface area (Å²) in [6.45, 7) is 0. The summed E-state index contributed by atoms with van der Waals surface area (Å²) in [4.78, 5) is 3.95. The van der Waals surface area contributed by atoms with Gasteiger partial charge in [0, 0.05) is 24.1 Å². The fourth-order valence-corrected chi connectivity index (χ4v) is 1.09. The molecule has 1 unspecified atom stereocenters. The van der Waals surface area contributed by atoms with Gasteiger partial charge in [0.05, 0.1) is 0 Å². The van der Waals surface area contributed by atoms with E-state index in [1.807, 2.05) is 13.3 Å². The first-order chi connectivity index (χ1) is 4.86. The highest BCUT2D eigenvalue weighted by Crippen LogP contribution is 2.06. The van der Waals surface area contributed by atoms with E-state index in [1.165, 1.54) is 0 Å². The second-order valence-electron chi connectivity index (χ2n) is 2.30. The quantitative estimate of drug-likeness (QED) is 0.448. The molecule has 3 nitrogen and oxygen atoms in total. The lowest BCUT2D eigenvalue weighted by atomic mass is 9.70. The molecule has 10 heavy (non-hydrogen) atoms. The Morgan fingerprint density at radius 2 is 2.60 bits per heavy atom. The zero-order valence-electron chi connectivity index (χ0n) is 5.41. The molecule has 4 heteroatoms. The normalized spacial score (nSPS) is 21.1. The molecule has 0 aromatic carbocycles. The van der Waals surface area contributed by atoms with Crippen molar-refractivity contribution in [1.82, 2.24) is 4.98 Å². The van der Waals surface area contributed by atoms with Crippen LogP contribution in [-0.4, -0.2) is 18.3 Å². The van der Waals surface area contributed by atoms with Crippen LogP contribution in [0.2, 0.25) is 0 Å². The van der Waals surface area contributed by atoms with Gasteiger partial charge >= 0.3 is 0 Å². The second kappa shape index (κ2) is 1.99. The first kappa shape index (κ1) is 5.74. The van der Waals surface area contributed by atoms with Gasteiger partial charge in [-0.2, -0.15) is 0 Å². The number of nitrogens with two attached hydrogens (primary N) is 1. The molecule has 1 aromatic rings. The summed E-state index contributed by atoms with van der Waals surface area (Å²) in [5, 5.41) is 3.06. The number of pyridine rings is 1. The van der Waals surface area contributed by atoms with Gasteiger partial charge in [0.2, 0.25) is 7.28 Å². The molecule has 0 saturated heterocycles. The van der Waals surface area contributed by atoms with E-state index >= 15 is 0 Å². The van der Waals surface area contributed by atoms with Gasteiger partial charge in [0.25, 0.3) is 0 Å². The molecule has 2 heterocycles. The summed E-state index contributed by atoms with van der Waals surface area (Å²) >= 11 is 0. The monoisotopic (exact) mass is 132 g/mol. The minimum absolute atomic E-state index is 0.0424. The summed E-state index contributed by atoms with van der Waals surface area (Å²) in [6, 6.07) is 1.90. The Bertz CT molecular complexity index is 226. The van der Waals surface area contributed by atoms with Crippen molar-refractivity contribution in [2.24, 2.45) is 5.73 Å². The lowest BCUT2D eigenvalue weighted by molar-refractivity contribution is 1.05. The van der Waals surface area contributed by atoms with E-state index in [1.54, 1.807) is 12.4 Å². The maximum absolute atomic E-state index is 5.59. The van der Waals surface area contributed by atoms with Crippen molar-refractivity contribution >= 4 is 18.4 Å². The molecule has 49 valence electrons. The van der Waals surface area contributed by atoms with E-state index < -0.39 is 0 Å². The van der Waals surface area contributed by atoms with Crippen LogP contribution in [0.15, 0.2) is 18.5 Å². The minimum atomic E-state index is -0.0424. The number of hydrogen-bond acceptors (Lipinski definition) is 3. The molecule has 3 N–H and O–H groups in total. The van der Waals surface area contributed by atoms with Gasteiger partial charge < -0.3 is 11.1 Å². The van der Waals surface area contributed by atoms with Crippen molar-refractivity contribution in [2.45, 2.75) is 6.07 Å². The fourth-order valence-electron chi connectivity index (χ4n) is 1.09. The van der Waals surface area contributed by atoms with Gasteiger partial charge in [-0.3, -0.25) is 4.98 Å². The minimum Gasteiger partial charge on any atom is -0.377 e. The largest absolute Gasteiger partial charge is 0.377 e. The molecular formula is C6H7BN3. The van der Waals surface area contributed by atoms with E-state index in [0.29, 0.717) is 0 Å². The number of nitrogens with one attached hydrogen (secondary N) is 1. The SMILES string of the molecule is NC1[B]c2ccncc2N1. The van der Waals surface area contributed by atoms with Crippen LogP contribution in [0.3, 0.4) is 0 Å². The summed E-state index contributed by atoms with van der Waals surface area (Å²) in [7, 11) is 1.97. The Hall–Kier alpha value is -1.03. The average molecular weight is 132 g/mol. The molecule has 2 rings (SSSR count). The molecule has 0 amide bonds. The van der Waals surface area contributed by atoms with Crippen LogP contribution in [0.5, 0.6) is 0 Å². The molecule has 1 aliphatic rings. The van der Waals surface area contributed by atoms with Crippen LogP contribution < -0.4 is 16.5 Å². The van der Waals surface area contributed by atoms with Gasteiger partial charge in [0.1, 0.15) is 0 Å². The Morgan fingerprint density at radius 1 is 1.70 bits per heavy atom. The lowest BCUT2D eigenvalue weighted by Crippen LogP contribution is -2.32. The number of anilines is 1. The van der Waals surface area contributed by atoms with Crippen LogP contribution in [0, 0.1) is 0 Å². The standard InChI is InChI=1S/C6H7BN3/c8-6-7-4-1-2-9-3-5(4)10-6/h1-3,6,10H,8H2. The number of aromatic nitrogens is 1. The summed E-state index contributed by atoms with van der Waals surface area (Å²) < 4.78 is 0. The van der Waals surface area contributed by atoms with E-state index in [0.717, 1.165) is 11.2 Å². The first-order valence-electron chi connectivity index (χ1n) is 3.17. The molecule has 0 saturated carbocycles. The van der Waals surface area contributed by atoms with Gasteiger partial charge in [0.15, 0.2) is 0 Å². The van der Waals surface area contributed by atoms with Crippen molar-refractivity contribution in [1.29, 1.82) is 0 Å². The van der Waals surface area contributed by atoms with Crippen molar-refractivity contribution in [3.8, 4) is 0 Å². The number of fused-ring (bicyclic) bond motifs is 1. The van der Waals surface area contributed by atoms with Crippen molar-refractivity contribution < 1.29 is 0 Å². The number of nitrogens with zero attached hydrogens (tertiary/aromatic N) is 1. The molecule has 0 spiro atoms.